The Labute approximate surface area is 169 Å². The summed E-state index contributed by atoms with van der Waals surface area (Å²) in [5.74, 6) is -0.585. The molecule has 0 saturated heterocycles. The van der Waals surface area contributed by atoms with Gasteiger partial charge in [-0.15, -0.1) is 0 Å². The van der Waals surface area contributed by atoms with Crippen molar-refractivity contribution in [1.29, 1.82) is 0 Å². The van der Waals surface area contributed by atoms with Crippen LogP contribution in [0.3, 0.4) is 0 Å². The third-order valence-electron chi connectivity index (χ3n) is 4.16. The molecule has 0 aliphatic rings. The van der Waals surface area contributed by atoms with E-state index in [1.165, 1.54) is 29.2 Å². The summed E-state index contributed by atoms with van der Waals surface area (Å²) in [6.07, 6.45) is 0.803. The predicted octanol–water partition coefficient (Wildman–Crippen LogP) is 3.80. The molecule has 1 N–H and O–H groups in total. The van der Waals surface area contributed by atoms with Crippen LogP contribution in [0.1, 0.15) is 25.8 Å². The highest BCUT2D eigenvalue weighted by molar-refractivity contribution is 6.30. The van der Waals surface area contributed by atoms with E-state index in [2.05, 4.69) is 5.32 Å². The first-order chi connectivity index (χ1) is 13.4. The maximum atomic E-state index is 13.0. The molecule has 0 aliphatic heterocycles. The molecule has 0 heterocycles. The molecule has 0 bridgehead atoms. The molecule has 1 atom stereocenters. The van der Waals surface area contributed by atoms with Gasteiger partial charge in [-0.05, 0) is 55.3 Å². The normalized spacial score (nSPS) is 11.6. The van der Waals surface area contributed by atoms with E-state index in [0.29, 0.717) is 17.3 Å². The lowest BCUT2D eigenvalue weighted by Gasteiger charge is -2.28. The second-order valence-corrected chi connectivity index (χ2v) is 6.79. The number of benzene rings is 2. The lowest BCUT2D eigenvalue weighted by molar-refractivity contribution is -0.142. The zero-order valence-corrected chi connectivity index (χ0v) is 16.7. The highest BCUT2D eigenvalue weighted by Gasteiger charge is 2.26. The summed E-state index contributed by atoms with van der Waals surface area (Å²) in [4.78, 5) is 26.6. The fraction of sp³-hybridized carbons (Fsp3) is 0.333. The van der Waals surface area contributed by atoms with Crippen molar-refractivity contribution in [3.05, 3.63) is 64.9 Å². The van der Waals surface area contributed by atoms with Gasteiger partial charge in [-0.25, -0.2) is 4.39 Å². The molecular formula is C21H24ClFN2O3. The molecular weight excluding hydrogens is 383 g/mol. The number of nitrogens with one attached hydrogen (secondary N) is 1. The number of carbonyl (C=O) groups excluding carboxylic acids is 2. The minimum Gasteiger partial charge on any atom is -0.484 e. The maximum absolute atomic E-state index is 13.0. The van der Waals surface area contributed by atoms with Gasteiger partial charge in [0.15, 0.2) is 6.61 Å². The van der Waals surface area contributed by atoms with Crippen molar-refractivity contribution in [2.75, 3.05) is 13.2 Å². The Bertz CT molecular complexity index is 781. The van der Waals surface area contributed by atoms with Crippen LogP contribution in [0.2, 0.25) is 5.02 Å². The number of nitrogens with zero attached hydrogens (tertiary/aromatic N) is 1. The standard InChI is InChI=1S/C21H24ClFN2O3/c1-3-12-24-21(27)15(2)25(13-16-4-6-17(22)7-5-16)20(26)14-28-19-10-8-18(23)9-11-19/h4-11,15H,3,12-14H2,1-2H3,(H,24,27). The summed E-state index contributed by atoms with van der Waals surface area (Å²) in [7, 11) is 0. The topological polar surface area (TPSA) is 58.6 Å². The SMILES string of the molecule is CCCNC(=O)C(C)N(Cc1ccc(Cl)cc1)C(=O)COc1ccc(F)cc1. The van der Waals surface area contributed by atoms with E-state index in [4.69, 9.17) is 16.3 Å². The molecule has 2 amide bonds. The maximum Gasteiger partial charge on any atom is 0.261 e. The lowest BCUT2D eigenvalue weighted by Crippen LogP contribution is -2.49. The molecule has 0 spiro atoms. The van der Waals surface area contributed by atoms with Crippen molar-refractivity contribution in [3.8, 4) is 5.75 Å². The van der Waals surface area contributed by atoms with E-state index in [9.17, 15) is 14.0 Å². The van der Waals surface area contributed by atoms with Crippen LogP contribution in [0.25, 0.3) is 0 Å². The summed E-state index contributed by atoms with van der Waals surface area (Å²) in [5.41, 5.74) is 0.842. The highest BCUT2D eigenvalue weighted by Crippen LogP contribution is 2.15. The number of ether oxygens (including phenoxy) is 1. The van der Waals surface area contributed by atoms with Gasteiger partial charge < -0.3 is 15.0 Å². The van der Waals surface area contributed by atoms with Crippen LogP contribution in [0.5, 0.6) is 5.75 Å². The molecule has 5 nitrogen and oxygen atoms in total. The molecule has 1 unspecified atom stereocenters. The fourth-order valence-corrected chi connectivity index (χ4v) is 2.65. The van der Waals surface area contributed by atoms with Gasteiger partial charge in [-0.2, -0.15) is 0 Å². The number of hydrogen-bond acceptors (Lipinski definition) is 3. The smallest absolute Gasteiger partial charge is 0.261 e. The summed E-state index contributed by atoms with van der Waals surface area (Å²) < 4.78 is 18.5. The number of hydrogen-bond donors (Lipinski definition) is 1. The van der Waals surface area contributed by atoms with E-state index in [1.807, 2.05) is 6.92 Å². The molecule has 2 aromatic rings. The fourth-order valence-electron chi connectivity index (χ4n) is 2.52. The molecule has 2 aromatic carbocycles. The average molecular weight is 407 g/mol. The zero-order valence-electron chi connectivity index (χ0n) is 16.0. The summed E-state index contributed by atoms with van der Waals surface area (Å²) in [6.45, 7) is 4.15. The number of rotatable bonds is 9. The van der Waals surface area contributed by atoms with E-state index in [-0.39, 0.29) is 30.8 Å². The van der Waals surface area contributed by atoms with Gasteiger partial charge in [0.05, 0.1) is 0 Å². The third kappa shape index (κ3) is 6.53. The van der Waals surface area contributed by atoms with Gasteiger partial charge in [-0.1, -0.05) is 30.7 Å². The molecule has 0 fully saturated rings. The van der Waals surface area contributed by atoms with Crippen molar-refractivity contribution in [1.82, 2.24) is 10.2 Å². The molecule has 7 heteroatoms. The van der Waals surface area contributed by atoms with Gasteiger partial charge >= 0.3 is 0 Å². The van der Waals surface area contributed by atoms with Crippen molar-refractivity contribution >= 4 is 23.4 Å². The number of halogens is 2. The largest absolute Gasteiger partial charge is 0.484 e. The minimum atomic E-state index is -0.674. The van der Waals surface area contributed by atoms with Crippen LogP contribution in [0.4, 0.5) is 4.39 Å². The van der Waals surface area contributed by atoms with Crippen molar-refractivity contribution < 1.29 is 18.7 Å². The van der Waals surface area contributed by atoms with Gasteiger partial charge in [0, 0.05) is 18.1 Å². The highest BCUT2D eigenvalue weighted by atomic mass is 35.5. The minimum absolute atomic E-state index is 0.231. The van der Waals surface area contributed by atoms with Gasteiger partial charge in [0.2, 0.25) is 5.91 Å². The van der Waals surface area contributed by atoms with E-state index >= 15 is 0 Å². The van der Waals surface area contributed by atoms with Crippen LogP contribution in [0.15, 0.2) is 48.5 Å². The first kappa shape index (κ1) is 21.7. The number of carbonyl (C=O) groups is 2. The lowest BCUT2D eigenvalue weighted by atomic mass is 10.1. The van der Waals surface area contributed by atoms with E-state index in [0.717, 1.165) is 12.0 Å². The molecule has 2 rings (SSSR count). The summed E-state index contributed by atoms with van der Waals surface area (Å²) >= 11 is 5.92. The molecule has 0 aromatic heterocycles. The first-order valence-corrected chi connectivity index (χ1v) is 9.48. The molecule has 150 valence electrons. The van der Waals surface area contributed by atoms with Gasteiger partial charge in [-0.3, -0.25) is 9.59 Å². The van der Waals surface area contributed by atoms with Crippen LogP contribution < -0.4 is 10.1 Å². The number of amides is 2. The Morgan fingerprint density at radius 3 is 2.39 bits per heavy atom. The van der Waals surface area contributed by atoms with Gasteiger partial charge in [0.1, 0.15) is 17.6 Å². The molecule has 28 heavy (non-hydrogen) atoms. The summed E-state index contributed by atoms with van der Waals surface area (Å²) in [5, 5.41) is 3.40. The van der Waals surface area contributed by atoms with Crippen LogP contribution in [-0.4, -0.2) is 35.9 Å². The van der Waals surface area contributed by atoms with E-state index < -0.39 is 6.04 Å². The van der Waals surface area contributed by atoms with Crippen molar-refractivity contribution in [2.45, 2.75) is 32.9 Å². The second-order valence-electron chi connectivity index (χ2n) is 6.36. The molecule has 0 aliphatic carbocycles. The second kappa shape index (κ2) is 10.7. The van der Waals surface area contributed by atoms with Gasteiger partial charge in [0.25, 0.3) is 5.91 Å². The molecule has 0 saturated carbocycles. The van der Waals surface area contributed by atoms with Crippen LogP contribution >= 0.6 is 11.6 Å². The quantitative estimate of drug-likeness (QED) is 0.689. The zero-order chi connectivity index (χ0) is 20.5. The Morgan fingerprint density at radius 2 is 1.79 bits per heavy atom. The average Bonchev–Trinajstić information content (AvgIpc) is 2.70. The van der Waals surface area contributed by atoms with Crippen molar-refractivity contribution in [2.24, 2.45) is 0 Å². The molecule has 0 radical (unpaired) electrons. The Kier molecular flexibility index (Phi) is 8.26. The van der Waals surface area contributed by atoms with Crippen LogP contribution in [0, 0.1) is 5.82 Å². The Morgan fingerprint density at radius 1 is 1.14 bits per heavy atom. The predicted molar refractivity (Wildman–Crippen MR) is 107 cm³/mol. The summed E-state index contributed by atoms with van der Waals surface area (Å²) in [6, 6.07) is 11.8. The van der Waals surface area contributed by atoms with E-state index in [1.54, 1.807) is 31.2 Å². The Hall–Kier alpha value is -2.60. The Balaban J connectivity index is 2.10. The van der Waals surface area contributed by atoms with Crippen LogP contribution in [-0.2, 0) is 16.1 Å². The first-order valence-electron chi connectivity index (χ1n) is 9.10. The monoisotopic (exact) mass is 406 g/mol. The van der Waals surface area contributed by atoms with Crippen molar-refractivity contribution in [3.63, 3.8) is 0 Å². The third-order valence-corrected chi connectivity index (χ3v) is 4.41.